The molecule has 6 heteroatoms. The topological polar surface area (TPSA) is 61.9 Å². The minimum atomic E-state index is -0.111. The van der Waals surface area contributed by atoms with E-state index in [4.69, 9.17) is 4.74 Å². The summed E-state index contributed by atoms with van der Waals surface area (Å²) in [5.74, 6) is 1.06. The highest BCUT2D eigenvalue weighted by Crippen LogP contribution is 2.18. The molecule has 0 atom stereocenters. The molecule has 0 saturated carbocycles. The molecule has 0 spiro atoms. The lowest BCUT2D eigenvalue weighted by Crippen LogP contribution is -2.38. The van der Waals surface area contributed by atoms with Crippen molar-refractivity contribution in [2.75, 3.05) is 27.2 Å². The van der Waals surface area contributed by atoms with Crippen LogP contribution in [0.3, 0.4) is 0 Å². The Bertz CT molecular complexity index is 853. The van der Waals surface area contributed by atoms with Crippen LogP contribution in [0, 0.1) is 0 Å². The van der Waals surface area contributed by atoms with Crippen molar-refractivity contribution in [3.05, 3.63) is 65.2 Å². The number of para-hydroxylation sites is 1. The first-order valence-electron chi connectivity index (χ1n) is 10.0. The normalized spacial score (nSPS) is 13.4. The Kier molecular flexibility index (Phi) is 7.11. The smallest absolute Gasteiger partial charge is 0.317 e. The van der Waals surface area contributed by atoms with Gasteiger partial charge in [-0.05, 0) is 35.6 Å². The van der Waals surface area contributed by atoms with Crippen molar-refractivity contribution in [1.29, 1.82) is 0 Å². The van der Waals surface area contributed by atoms with Crippen molar-refractivity contribution in [3.8, 4) is 5.75 Å². The lowest BCUT2D eigenvalue weighted by molar-refractivity contribution is -0.128. The number of urea groups is 1. The average Bonchev–Trinajstić information content (AvgIpc) is 3.15. The molecule has 1 aliphatic heterocycles. The first-order valence-corrected chi connectivity index (χ1v) is 10.0. The van der Waals surface area contributed by atoms with Crippen LogP contribution in [0.2, 0.25) is 0 Å². The highest BCUT2D eigenvalue weighted by atomic mass is 16.5. The largest absolute Gasteiger partial charge is 0.496 e. The molecule has 3 rings (SSSR count). The molecule has 2 aromatic carbocycles. The van der Waals surface area contributed by atoms with E-state index in [-0.39, 0.29) is 11.9 Å². The Morgan fingerprint density at radius 1 is 1.17 bits per heavy atom. The first kappa shape index (κ1) is 20.7. The molecule has 0 radical (unpaired) electrons. The number of carbonyl (C=O) groups is 2. The van der Waals surface area contributed by atoms with E-state index in [0.717, 1.165) is 41.8 Å². The SMILES string of the molecule is COc1ccccc1CCN(C)C(=O)NCc1cccc(CN2CCCC2=O)c1. The summed E-state index contributed by atoms with van der Waals surface area (Å²) in [7, 11) is 3.45. The molecule has 1 aliphatic rings. The summed E-state index contributed by atoms with van der Waals surface area (Å²) in [5.41, 5.74) is 3.20. The number of likely N-dealkylation sites (N-methyl/N-ethyl adjacent to an activating group) is 1. The van der Waals surface area contributed by atoms with Gasteiger partial charge in [0.25, 0.3) is 0 Å². The fraction of sp³-hybridized carbons (Fsp3) is 0.391. The maximum absolute atomic E-state index is 12.4. The lowest BCUT2D eigenvalue weighted by atomic mass is 10.1. The van der Waals surface area contributed by atoms with Gasteiger partial charge in [0.2, 0.25) is 5.91 Å². The van der Waals surface area contributed by atoms with Crippen LogP contribution in [0.1, 0.15) is 29.5 Å². The van der Waals surface area contributed by atoms with Crippen LogP contribution >= 0.6 is 0 Å². The predicted molar refractivity (Wildman–Crippen MR) is 113 cm³/mol. The average molecular weight is 396 g/mol. The van der Waals surface area contributed by atoms with Crippen molar-refractivity contribution in [3.63, 3.8) is 0 Å². The van der Waals surface area contributed by atoms with Gasteiger partial charge in [-0.15, -0.1) is 0 Å². The van der Waals surface area contributed by atoms with Gasteiger partial charge in [-0.3, -0.25) is 4.79 Å². The van der Waals surface area contributed by atoms with Crippen LogP contribution in [0.5, 0.6) is 5.75 Å². The van der Waals surface area contributed by atoms with Crippen LogP contribution in [-0.2, 0) is 24.3 Å². The Morgan fingerprint density at radius 3 is 2.72 bits per heavy atom. The first-order chi connectivity index (χ1) is 14.1. The zero-order valence-corrected chi connectivity index (χ0v) is 17.2. The van der Waals surface area contributed by atoms with E-state index in [9.17, 15) is 9.59 Å². The molecular formula is C23H29N3O3. The fourth-order valence-electron chi connectivity index (χ4n) is 3.54. The molecule has 6 nitrogen and oxygen atoms in total. The summed E-state index contributed by atoms with van der Waals surface area (Å²) in [5, 5.41) is 2.97. The monoisotopic (exact) mass is 395 g/mol. The zero-order valence-electron chi connectivity index (χ0n) is 17.2. The number of hydrogen-bond acceptors (Lipinski definition) is 3. The molecule has 1 saturated heterocycles. The third-order valence-electron chi connectivity index (χ3n) is 5.24. The highest BCUT2D eigenvalue weighted by Gasteiger charge is 2.20. The zero-order chi connectivity index (χ0) is 20.6. The van der Waals surface area contributed by atoms with E-state index in [1.54, 1.807) is 19.1 Å². The Balaban J connectivity index is 1.48. The fourth-order valence-corrected chi connectivity index (χ4v) is 3.54. The number of amides is 3. The molecular weight excluding hydrogens is 366 g/mol. The summed E-state index contributed by atoms with van der Waals surface area (Å²) in [6, 6.07) is 15.8. The van der Waals surface area contributed by atoms with E-state index < -0.39 is 0 Å². The summed E-state index contributed by atoms with van der Waals surface area (Å²) < 4.78 is 5.37. The van der Waals surface area contributed by atoms with Crippen LogP contribution in [0.15, 0.2) is 48.5 Å². The molecule has 29 heavy (non-hydrogen) atoms. The van der Waals surface area contributed by atoms with Gasteiger partial charge in [-0.1, -0.05) is 42.5 Å². The third-order valence-corrected chi connectivity index (χ3v) is 5.24. The summed E-state index contributed by atoms with van der Waals surface area (Å²) >= 11 is 0. The van der Waals surface area contributed by atoms with Gasteiger partial charge in [-0.25, -0.2) is 4.79 Å². The maximum atomic E-state index is 12.4. The number of rotatable bonds is 8. The summed E-state index contributed by atoms with van der Waals surface area (Å²) in [6.07, 6.45) is 2.32. The van der Waals surface area contributed by atoms with Crippen molar-refractivity contribution in [1.82, 2.24) is 15.1 Å². The number of nitrogens with one attached hydrogen (secondary N) is 1. The van der Waals surface area contributed by atoms with Crippen LogP contribution in [-0.4, -0.2) is 49.0 Å². The van der Waals surface area contributed by atoms with E-state index >= 15 is 0 Å². The Labute approximate surface area is 172 Å². The number of likely N-dealkylation sites (tertiary alicyclic amines) is 1. The number of methoxy groups -OCH3 is 1. The molecule has 0 aromatic heterocycles. The van der Waals surface area contributed by atoms with Gasteiger partial charge >= 0.3 is 6.03 Å². The Morgan fingerprint density at radius 2 is 1.97 bits per heavy atom. The molecule has 1 fully saturated rings. The summed E-state index contributed by atoms with van der Waals surface area (Å²) in [4.78, 5) is 27.8. The van der Waals surface area contributed by atoms with Gasteiger partial charge in [0, 0.05) is 39.6 Å². The van der Waals surface area contributed by atoms with Crippen molar-refractivity contribution in [2.45, 2.75) is 32.4 Å². The highest BCUT2D eigenvalue weighted by molar-refractivity contribution is 5.78. The molecule has 0 aliphatic carbocycles. The number of ether oxygens (including phenoxy) is 1. The van der Waals surface area contributed by atoms with Crippen molar-refractivity contribution < 1.29 is 14.3 Å². The standard InChI is InChI=1S/C23H29N3O3/c1-25(14-12-20-9-3-4-10-21(20)29-2)23(28)24-16-18-7-5-8-19(15-18)17-26-13-6-11-22(26)27/h3-5,7-10,15H,6,11-14,16-17H2,1-2H3,(H,24,28). The number of carbonyl (C=O) groups excluding carboxylic acids is 2. The second-order valence-electron chi connectivity index (χ2n) is 7.38. The van der Waals surface area contributed by atoms with Crippen molar-refractivity contribution >= 4 is 11.9 Å². The molecule has 0 unspecified atom stereocenters. The van der Waals surface area contributed by atoms with Gasteiger partial charge in [0.15, 0.2) is 0 Å². The van der Waals surface area contributed by atoms with Crippen LogP contribution in [0.25, 0.3) is 0 Å². The van der Waals surface area contributed by atoms with Gasteiger partial charge in [0.05, 0.1) is 7.11 Å². The van der Waals surface area contributed by atoms with Crippen LogP contribution in [0.4, 0.5) is 4.79 Å². The number of nitrogens with zero attached hydrogens (tertiary/aromatic N) is 2. The van der Waals surface area contributed by atoms with E-state index in [1.165, 1.54) is 0 Å². The molecule has 0 bridgehead atoms. The minimum Gasteiger partial charge on any atom is -0.496 e. The number of benzene rings is 2. The molecule has 3 amide bonds. The minimum absolute atomic E-state index is 0.111. The summed E-state index contributed by atoms with van der Waals surface area (Å²) in [6.45, 7) is 2.53. The number of hydrogen-bond donors (Lipinski definition) is 1. The van der Waals surface area contributed by atoms with Gasteiger partial charge in [-0.2, -0.15) is 0 Å². The third kappa shape index (κ3) is 5.73. The van der Waals surface area contributed by atoms with Crippen molar-refractivity contribution in [2.24, 2.45) is 0 Å². The Hall–Kier alpha value is -3.02. The molecule has 1 N–H and O–H groups in total. The second-order valence-corrected chi connectivity index (χ2v) is 7.38. The lowest BCUT2D eigenvalue weighted by Gasteiger charge is -2.19. The molecule has 1 heterocycles. The van der Waals surface area contributed by atoms with E-state index in [2.05, 4.69) is 11.4 Å². The van der Waals surface area contributed by atoms with Crippen LogP contribution < -0.4 is 10.1 Å². The second kappa shape index (κ2) is 9.96. The molecule has 2 aromatic rings. The van der Waals surface area contributed by atoms with Gasteiger partial charge < -0.3 is 19.9 Å². The predicted octanol–water partition coefficient (Wildman–Crippen LogP) is 3.20. The maximum Gasteiger partial charge on any atom is 0.317 e. The van der Waals surface area contributed by atoms with E-state index in [0.29, 0.717) is 26.1 Å². The quantitative estimate of drug-likeness (QED) is 0.747. The molecule has 154 valence electrons. The van der Waals surface area contributed by atoms with Gasteiger partial charge in [0.1, 0.15) is 5.75 Å². The van der Waals surface area contributed by atoms with E-state index in [1.807, 2.05) is 47.4 Å².